The highest BCUT2D eigenvalue weighted by Gasteiger charge is 2.22. The van der Waals surface area contributed by atoms with E-state index >= 15 is 0 Å². The number of nitrogens with zero attached hydrogens (tertiary/aromatic N) is 3. The first-order chi connectivity index (χ1) is 8.78. The molecule has 0 aliphatic carbocycles. The maximum Gasteiger partial charge on any atom is 0.181 e. The van der Waals surface area contributed by atoms with Crippen LogP contribution in [0, 0.1) is 0 Å². The Labute approximate surface area is 106 Å². The molecule has 0 amide bonds. The molecule has 0 radical (unpaired) electrons. The van der Waals surface area contributed by atoms with E-state index in [1.165, 1.54) is 0 Å². The van der Waals surface area contributed by atoms with Crippen molar-refractivity contribution in [3.8, 4) is 11.4 Å². The van der Waals surface area contributed by atoms with E-state index in [2.05, 4.69) is 10.1 Å². The van der Waals surface area contributed by atoms with Crippen LogP contribution in [0.5, 0.6) is 0 Å². The van der Waals surface area contributed by atoms with E-state index in [9.17, 15) is 0 Å². The van der Waals surface area contributed by atoms with Gasteiger partial charge >= 0.3 is 0 Å². The first kappa shape index (κ1) is 11.2. The second kappa shape index (κ2) is 4.42. The third-order valence-corrected chi connectivity index (χ3v) is 3.43. The van der Waals surface area contributed by atoms with E-state index in [-0.39, 0.29) is 0 Å². The second-order valence-electron chi connectivity index (χ2n) is 4.70. The Morgan fingerprint density at radius 1 is 1.28 bits per heavy atom. The fraction of sp³-hybridized carbons (Fsp3) is 0.385. The molecule has 94 valence electrons. The van der Waals surface area contributed by atoms with Crippen molar-refractivity contribution in [3.63, 3.8) is 0 Å². The SMILES string of the molecule is NCC1CCCc2nc(-c3ccc(N)cc3)nn21. The molecule has 3 rings (SSSR count). The summed E-state index contributed by atoms with van der Waals surface area (Å²) in [5.41, 5.74) is 13.2. The highest BCUT2D eigenvalue weighted by molar-refractivity contribution is 5.58. The predicted molar refractivity (Wildman–Crippen MR) is 70.9 cm³/mol. The lowest BCUT2D eigenvalue weighted by Crippen LogP contribution is -2.25. The van der Waals surface area contributed by atoms with Crippen molar-refractivity contribution in [2.24, 2.45) is 5.73 Å². The van der Waals surface area contributed by atoms with Crippen LogP contribution in [-0.4, -0.2) is 21.3 Å². The lowest BCUT2D eigenvalue weighted by molar-refractivity contribution is 0.370. The Morgan fingerprint density at radius 2 is 2.06 bits per heavy atom. The molecule has 18 heavy (non-hydrogen) atoms. The molecule has 4 N–H and O–H groups in total. The monoisotopic (exact) mass is 243 g/mol. The van der Waals surface area contributed by atoms with Crippen LogP contribution in [0.3, 0.4) is 0 Å². The number of nitrogens with two attached hydrogens (primary N) is 2. The van der Waals surface area contributed by atoms with E-state index in [1.807, 2.05) is 28.9 Å². The molecule has 0 saturated carbocycles. The zero-order chi connectivity index (χ0) is 12.5. The minimum Gasteiger partial charge on any atom is -0.399 e. The van der Waals surface area contributed by atoms with E-state index in [0.29, 0.717) is 12.6 Å². The molecule has 1 aromatic heterocycles. The molecule has 1 aromatic carbocycles. The van der Waals surface area contributed by atoms with Crippen LogP contribution in [0.1, 0.15) is 24.7 Å². The van der Waals surface area contributed by atoms with Gasteiger partial charge in [-0.1, -0.05) is 0 Å². The van der Waals surface area contributed by atoms with Crippen molar-refractivity contribution < 1.29 is 0 Å². The highest BCUT2D eigenvalue weighted by Crippen LogP contribution is 2.25. The van der Waals surface area contributed by atoms with Gasteiger partial charge in [0.25, 0.3) is 0 Å². The summed E-state index contributed by atoms with van der Waals surface area (Å²) in [6.45, 7) is 0.623. The average Bonchev–Trinajstić information content (AvgIpc) is 2.83. The zero-order valence-electron chi connectivity index (χ0n) is 10.2. The maximum absolute atomic E-state index is 5.78. The minimum atomic E-state index is 0.295. The second-order valence-corrected chi connectivity index (χ2v) is 4.70. The summed E-state index contributed by atoms with van der Waals surface area (Å²) in [4.78, 5) is 4.60. The summed E-state index contributed by atoms with van der Waals surface area (Å²) in [5.74, 6) is 1.81. The molecular weight excluding hydrogens is 226 g/mol. The lowest BCUT2D eigenvalue weighted by Gasteiger charge is -2.21. The molecule has 1 unspecified atom stereocenters. The van der Waals surface area contributed by atoms with Crippen LogP contribution in [0.25, 0.3) is 11.4 Å². The number of fused-ring (bicyclic) bond motifs is 1. The van der Waals surface area contributed by atoms with Crippen LogP contribution >= 0.6 is 0 Å². The van der Waals surface area contributed by atoms with Crippen molar-refractivity contribution in [1.29, 1.82) is 0 Å². The average molecular weight is 243 g/mol. The fourth-order valence-electron chi connectivity index (χ4n) is 2.41. The van der Waals surface area contributed by atoms with E-state index < -0.39 is 0 Å². The first-order valence-corrected chi connectivity index (χ1v) is 6.29. The summed E-state index contributed by atoms with van der Waals surface area (Å²) < 4.78 is 2.00. The van der Waals surface area contributed by atoms with Gasteiger partial charge in [-0.2, -0.15) is 5.10 Å². The number of aromatic nitrogens is 3. The largest absolute Gasteiger partial charge is 0.399 e. The molecule has 0 fully saturated rings. The quantitative estimate of drug-likeness (QED) is 0.780. The van der Waals surface area contributed by atoms with Crippen molar-refractivity contribution in [2.75, 3.05) is 12.3 Å². The molecule has 2 heterocycles. The molecular formula is C13H17N5. The first-order valence-electron chi connectivity index (χ1n) is 6.29. The van der Waals surface area contributed by atoms with Gasteiger partial charge < -0.3 is 11.5 Å². The Bertz CT molecular complexity index is 543. The molecule has 2 aromatic rings. The number of nitrogen functional groups attached to an aromatic ring is 1. The number of hydrogen-bond donors (Lipinski definition) is 2. The van der Waals surface area contributed by atoms with Crippen LogP contribution in [0.15, 0.2) is 24.3 Å². The standard InChI is InChI=1S/C13H17N5/c14-8-11-2-1-3-12-16-13(17-18(11)12)9-4-6-10(15)7-5-9/h4-7,11H,1-3,8,14-15H2. The van der Waals surface area contributed by atoms with E-state index in [0.717, 1.165) is 42.2 Å². The summed E-state index contributed by atoms with van der Waals surface area (Å²) in [6, 6.07) is 7.94. The van der Waals surface area contributed by atoms with Crippen molar-refractivity contribution >= 4 is 5.69 Å². The Balaban J connectivity index is 1.99. The molecule has 0 bridgehead atoms. The van der Waals surface area contributed by atoms with Gasteiger partial charge in [-0.3, -0.25) is 0 Å². The molecule has 5 heteroatoms. The minimum absolute atomic E-state index is 0.295. The Hall–Kier alpha value is -1.88. The molecule has 1 aliphatic heterocycles. The third-order valence-electron chi connectivity index (χ3n) is 3.43. The van der Waals surface area contributed by atoms with Crippen LogP contribution < -0.4 is 11.5 Å². The maximum atomic E-state index is 5.78. The summed E-state index contributed by atoms with van der Waals surface area (Å²) >= 11 is 0. The zero-order valence-corrected chi connectivity index (χ0v) is 10.2. The topological polar surface area (TPSA) is 82.8 Å². The summed E-state index contributed by atoms with van der Waals surface area (Å²) in [7, 11) is 0. The molecule has 1 aliphatic rings. The van der Waals surface area contributed by atoms with Gasteiger partial charge in [0.2, 0.25) is 0 Å². The van der Waals surface area contributed by atoms with Gasteiger partial charge in [0.05, 0.1) is 6.04 Å². The lowest BCUT2D eigenvalue weighted by atomic mass is 10.1. The van der Waals surface area contributed by atoms with E-state index in [1.54, 1.807) is 0 Å². The van der Waals surface area contributed by atoms with Gasteiger partial charge in [0.15, 0.2) is 5.82 Å². The summed E-state index contributed by atoms with van der Waals surface area (Å²) in [6.07, 6.45) is 3.22. The molecule has 0 spiro atoms. The Kier molecular flexibility index (Phi) is 2.76. The number of hydrogen-bond acceptors (Lipinski definition) is 4. The fourth-order valence-corrected chi connectivity index (χ4v) is 2.41. The summed E-state index contributed by atoms with van der Waals surface area (Å²) in [5, 5.41) is 4.59. The van der Waals surface area contributed by atoms with Crippen LogP contribution in [-0.2, 0) is 6.42 Å². The smallest absolute Gasteiger partial charge is 0.181 e. The molecule has 0 saturated heterocycles. The van der Waals surface area contributed by atoms with Crippen molar-refractivity contribution in [3.05, 3.63) is 30.1 Å². The van der Waals surface area contributed by atoms with Crippen LogP contribution in [0.2, 0.25) is 0 Å². The predicted octanol–water partition coefficient (Wildman–Crippen LogP) is 1.36. The normalized spacial score (nSPS) is 18.6. The van der Waals surface area contributed by atoms with Crippen molar-refractivity contribution in [1.82, 2.24) is 14.8 Å². The van der Waals surface area contributed by atoms with Gasteiger partial charge in [-0.25, -0.2) is 9.67 Å². The number of aryl methyl sites for hydroxylation is 1. The van der Waals surface area contributed by atoms with Gasteiger partial charge in [0, 0.05) is 24.2 Å². The van der Waals surface area contributed by atoms with Gasteiger partial charge in [-0.05, 0) is 37.1 Å². The van der Waals surface area contributed by atoms with E-state index in [4.69, 9.17) is 11.5 Å². The third kappa shape index (κ3) is 1.86. The Morgan fingerprint density at radius 3 is 2.78 bits per heavy atom. The number of benzene rings is 1. The highest BCUT2D eigenvalue weighted by atomic mass is 15.4. The molecule has 5 nitrogen and oxygen atoms in total. The molecule has 1 atom stereocenters. The van der Waals surface area contributed by atoms with Crippen LogP contribution in [0.4, 0.5) is 5.69 Å². The number of rotatable bonds is 2. The number of anilines is 1. The van der Waals surface area contributed by atoms with Crippen molar-refractivity contribution in [2.45, 2.75) is 25.3 Å². The van der Waals surface area contributed by atoms with Gasteiger partial charge in [0.1, 0.15) is 5.82 Å². The van der Waals surface area contributed by atoms with Gasteiger partial charge in [-0.15, -0.1) is 0 Å².